The summed E-state index contributed by atoms with van der Waals surface area (Å²) >= 11 is 0. The molecule has 3 heterocycles. The molecule has 0 fully saturated rings. The lowest BCUT2D eigenvalue weighted by molar-refractivity contribution is -0.123. The maximum atomic E-state index is 12.5. The van der Waals surface area contributed by atoms with Crippen LogP contribution >= 0.6 is 0 Å². The van der Waals surface area contributed by atoms with Gasteiger partial charge in [0.25, 0.3) is 5.91 Å². The number of hydrogen-bond donors (Lipinski definition) is 2. The van der Waals surface area contributed by atoms with E-state index in [-0.39, 0.29) is 0 Å². The van der Waals surface area contributed by atoms with E-state index in [1.54, 1.807) is 48.9 Å². The van der Waals surface area contributed by atoms with Crippen molar-refractivity contribution in [1.82, 2.24) is 19.9 Å². The average Bonchev–Trinajstić information content (AvgIpc) is 3.18. The number of H-pyrrole nitrogens is 1. The number of aromatic nitrogens is 4. The van der Waals surface area contributed by atoms with Gasteiger partial charge in [-0.05, 0) is 49.4 Å². The summed E-state index contributed by atoms with van der Waals surface area (Å²) in [7, 11) is 0. The van der Waals surface area contributed by atoms with Crippen LogP contribution in [0, 0.1) is 0 Å². The number of hydrogen-bond acceptors (Lipinski definition) is 6. The number of esters is 1. The number of anilines is 1. The number of ether oxygens (including phenoxy) is 1. The van der Waals surface area contributed by atoms with Gasteiger partial charge in [-0.15, -0.1) is 0 Å². The third-order valence-electron chi connectivity index (χ3n) is 4.23. The van der Waals surface area contributed by atoms with E-state index < -0.39 is 18.0 Å². The number of amides is 1. The van der Waals surface area contributed by atoms with Crippen LogP contribution in [-0.2, 0) is 9.53 Å². The van der Waals surface area contributed by atoms with Gasteiger partial charge in [-0.3, -0.25) is 14.8 Å². The second-order valence-corrected chi connectivity index (χ2v) is 6.34. The highest BCUT2D eigenvalue weighted by Crippen LogP contribution is 2.21. The second-order valence-electron chi connectivity index (χ2n) is 6.34. The van der Waals surface area contributed by atoms with Gasteiger partial charge in [0.15, 0.2) is 6.10 Å². The molecule has 0 bridgehead atoms. The van der Waals surface area contributed by atoms with Crippen molar-refractivity contribution in [1.29, 1.82) is 0 Å². The van der Waals surface area contributed by atoms with Crippen LogP contribution in [0.25, 0.3) is 22.4 Å². The molecular weight excluding hydrogens is 370 g/mol. The van der Waals surface area contributed by atoms with Gasteiger partial charge in [-0.25, -0.2) is 9.78 Å². The molecule has 0 spiro atoms. The number of nitrogens with one attached hydrogen (secondary N) is 2. The van der Waals surface area contributed by atoms with Crippen molar-refractivity contribution in [2.75, 3.05) is 5.32 Å². The average molecular weight is 387 g/mol. The second kappa shape index (κ2) is 7.89. The van der Waals surface area contributed by atoms with E-state index in [2.05, 4.69) is 25.3 Å². The van der Waals surface area contributed by atoms with E-state index in [4.69, 9.17) is 4.74 Å². The monoisotopic (exact) mass is 387 g/mol. The van der Waals surface area contributed by atoms with E-state index in [9.17, 15) is 9.59 Å². The summed E-state index contributed by atoms with van der Waals surface area (Å²) < 4.78 is 5.30. The fourth-order valence-corrected chi connectivity index (χ4v) is 2.74. The topological polar surface area (TPSA) is 110 Å². The van der Waals surface area contributed by atoms with E-state index >= 15 is 0 Å². The molecule has 4 aromatic rings. The van der Waals surface area contributed by atoms with E-state index in [0.717, 1.165) is 5.56 Å². The van der Waals surface area contributed by atoms with Crippen molar-refractivity contribution in [3.8, 4) is 11.4 Å². The summed E-state index contributed by atoms with van der Waals surface area (Å²) in [6.45, 7) is 1.51. The highest BCUT2D eigenvalue weighted by atomic mass is 16.5. The lowest BCUT2D eigenvalue weighted by Crippen LogP contribution is -2.30. The Morgan fingerprint density at radius 1 is 1.07 bits per heavy atom. The van der Waals surface area contributed by atoms with Gasteiger partial charge in [0.2, 0.25) is 0 Å². The number of benzene rings is 1. The van der Waals surface area contributed by atoms with Crippen LogP contribution in [0.1, 0.15) is 17.3 Å². The first-order chi connectivity index (χ1) is 14.1. The largest absolute Gasteiger partial charge is 0.449 e. The van der Waals surface area contributed by atoms with E-state index in [1.807, 2.05) is 12.1 Å². The lowest BCUT2D eigenvalue weighted by atomic mass is 10.2. The van der Waals surface area contributed by atoms with Gasteiger partial charge in [0.1, 0.15) is 5.82 Å². The Balaban J connectivity index is 1.47. The van der Waals surface area contributed by atoms with Gasteiger partial charge >= 0.3 is 5.97 Å². The summed E-state index contributed by atoms with van der Waals surface area (Å²) in [4.78, 5) is 40.4. The summed E-state index contributed by atoms with van der Waals surface area (Å²) in [5.41, 5.74) is 3.09. The van der Waals surface area contributed by atoms with Crippen molar-refractivity contribution < 1.29 is 14.3 Å². The molecule has 8 nitrogen and oxygen atoms in total. The molecule has 1 atom stereocenters. The number of nitrogens with zero attached hydrogens (tertiary/aromatic N) is 3. The number of pyridine rings is 2. The predicted molar refractivity (Wildman–Crippen MR) is 107 cm³/mol. The van der Waals surface area contributed by atoms with Crippen LogP contribution in [0.3, 0.4) is 0 Å². The minimum atomic E-state index is -0.967. The van der Waals surface area contributed by atoms with Crippen LogP contribution < -0.4 is 5.32 Å². The highest BCUT2D eigenvalue weighted by Gasteiger charge is 2.20. The zero-order valence-corrected chi connectivity index (χ0v) is 15.5. The minimum absolute atomic E-state index is 0.319. The van der Waals surface area contributed by atoms with Crippen LogP contribution in [0.2, 0.25) is 0 Å². The normalized spacial score (nSPS) is 11.8. The molecule has 0 saturated carbocycles. The smallest absolute Gasteiger partial charge is 0.338 e. The summed E-state index contributed by atoms with van der Waals surface area (Å²) in [6, 6.07) is 12.1. The molecule has 1 amide bonds. The zero-order chi connectivity index (χ0) is 20.2. The Labute approximate surface area is 166 Å². The van der Waals surface area contributed by atoms with Crippen molar-refractivity contribution in [2.24, 2.45) is 0 Å². The van der Waals surface area contributed by atoms with Crippen molar-refractivity contribution in [3.63, 3.8) is 0 Å². The maximum Gasteiger partial charge on any atom is 0.338 e. The Hall–Kier alpha value is -4.07. The molecule has 0 saturated heterocycles. The summed E-state index contributed by atoms with van der Waals surface area (Å²) in [5.74, 6) is -0.381. The van der Waals surface area contributed by atoms with Crippen LogP contribution in [-0.4, -0.2) is 37.9 Å². The molecule has 3 aromatic heterocycles. The molecule has 0 aliphatic rings. The zero-order valence-electron chi connectivity index (χ0n) is 15.5. The molecule has 8 heteroatoms. The quantitative estimate of drug-likeness (QED) is 0.509. The molecule has 144 valence electrons. The van der Waals surface area contributed by atoms with E-state index in [1.165, 1.54) is 13.1 Å². The Morgan fingerprint density at radius 3 is 2.59 bits per heavy atom. The molecule has 0 aliphatic heterocycles. The molecule has 0 radical (unpaired) electrons. The number of rotatable bonds is 5. The highest BCUT2D eigenvalue weighted by molar-refractivity contribution is 5.98. The molecule has 1 unspecified atom stereocenters. The first kappa shape index (κ1) is 18.3. The summed E-state index contributed by atoms with van der Waals surface area (Å²) in [6.07, 6.45) is 5.54. The number of carbonyl (C=O) groups is 2. The third kappa shape index (κ3) is 4.11. The fourth-order valence-electron chi connectivity index (χ4n) is 2.74. The maximum absolute atomic E-state index is 12.5. The molecule has 2 N–H and O–H groups in total. The Morgan fingerprint density at radius 2 is 1.86 bits per heavy atom. The van der Waals surface area contributed by atoms with Gasteiger partial charge < -0.3 is 15.0 Å². The van der Waals surface area contributed by atoms with Crippen molar-refractivity contribution in [3.05, 3.63) is 72.8 Å². The molecular formula is C21H17N5O3. The Bertz CT molecular complexity index is 1160. The number of imidazole rings is 1. The lowest BCUT2D eigenvalue weighted by Gasteiger charge is -2.13. The molecule has 29 heavy (non-hydrogen) atoms. The first-order valence-electron chi connectivity index (χ1n) is 8.92. The van der Waals surface area contributed by atoms with Crippen LogP contribution in [0.4, 0.5) is 5.69 Å². The van der Waals surface area contributed by atoms with Crippen molar-refractivity contribution >= 4 is 28.6 Å². The van der Waals surface area contributed by atoms with Gasteiger partial charge in [0.05, 0.1) is 28.5 Å². The van der Waals surface area contributed by atoms with Gasteiger partial charge in [0, 0.05) is 24.2 Å². The van der Waals surface area contributed by atoms with E-state index in [0.29, 0.717) is 28.1 Å². The fraction of sp³-hybridized carbons (Fsp3) is 0.0952. The summed E-state index contributed by atoms with van der Waals surface area (Å²) in [5, 5.41) is 2.65. The number of aromatic amines is 1. The predicted octanol–water partition coefficient (Wildman–Crippen LogP) is 3.20. The van der Waals surface area contributed by atoms with Gasteiger partial charge in [-0.1, -0.05) is 0 Å². The van der Waals surface area contributed by atoms with Crippen molar-refractivity contribution in [2.45, 2.75) is 13.0 Å². The number of fused-ring (bicyclic) bond motifs is 1. The third-order valence-corrected chi connectivity index (χ3v) is 4.23. The standard InChI is InChI=1S/C21H17N5O3/c1-13(20(27)24-16-5-3-9-23-12-16)29-21(28)14-6-7-17-18(10-14)26-19(25-17)15-4-2-8-22-11-15/h2-13H,1H3,(H,24,27)(H,25,26). The SMILES string of the molecule is CC(OC(=O)c1ccc2nc(-c3cccnc3)[nH]c2c1)C(=O)Nc1cccnc1. The van der Waals surface area contributed by atoms with Crippen LogP contribution in [0.15, 0.2) is 67.3 Å². The minimum Gasteiger partial charge on any atom is -0.449 e. The van der Waals surface area contributed by atoms with Crippen LogP contribution in [0.5, 0.6) is 0 Å². The molecule has 1 aromatic carbocycles. The Kier molecular flexibility index (Phi) is 4.98. The molecule has 4 rings (SSSR count). The number of carbonyl (C=O) groups excluding carboxylic acids is 2. The van der Waals surface area contributed by atoms with Gasteiger partial charge in [-0.2, -0.15) is 0 Å². The molecule has 0 aliphatic carbocycles. The first-order valence-corrected chi connectivity index (χ1v) is 8.92.